The van der Waals surface area contributed by atoms with Crippen LogP contribution in [0, 0.1) is 0 Å². The molecule has 0 heterocycles. The summed E-state index contributed by atoms with van der Waals surface area (Å²) >= 11 is 3.29. The number of hydrogen-bond acceptors (Lipinski definition) is 15. The predicted octanol–water partition coefficient (Wildman–Crippen LogP) is 12.8. The van der Waals surface area contributed by atoms with Gasteiger partial charge in [-0.3, -0.25) is 27.3 Å². The molecule has 0 fully saturated rings. The van der Waals surface area contributed by atoms with Crippen LogP contribution in [0.3, 0.4) is 0 Å². The van der Waals surface area contributed by atoms with E-state index in [0.29, 0.717) is 12.8 Å². The Morgan fingerprint density at radius 1 is 0.391 bits per heavy atom. The Balaban J connectivity index is 4.01. The van der Waals surface area contributed by atoms with E-state index in [9.17, 15) is 38.0 Å². The molecular weight excluding hydrogens is 966 g/mol. The van der Waals surface area contributed by atoms with Crippen molar-refractivity contribution in [3.05, 3.63) is 0 Å². The molecule has 0 aliphatic carbocycles. The van der Waals surface area contributed by atoms with Crippen molar-refractivity contribution in [2.45, 2.75) is 264 Å². The molecule has 0 rings (SSSR count). The second-order valence-corrected chi connectivity index (χ2v) is 23.2. The van der Waals surface area contributed by atoms with Crippen LogP contribution in [-0.2, 0) is 49.9 Å². The largest absolute Gasteiger partial charge is 0.756 e. The highest BCUT2D eigenvalue weighted by Crippen LogP contribution is 2.41. The van der Waals surface area contributed by atoms with Crippen LogP contribution in [0.1, 0.15) is 258 Å². The number of nitrogens with one attached hydrogen (secondary N) is 2. The Bertz CT molecular complexity index is 1260. The molecule has 20 heteroatoms. The molecule has 0 aromatic heterocycles. The van der Waals surface area contributed by atoms with E-state index in [1.807, 2.05) is 0 Å². The quantitative estimate of drug-likeness (QED) is 0.0222. The summed E-state index contributed by atoms with van der Waals surface area (Å²) in [5.74, 6) is -0.922. The Morgan fingerprint density at radius 3 is 0.870 bits per heavy atom. The highest BCUT2D eigenvalue weighted by molar-refractivity contribution is 7.80. The van der Waals surface area contributed by atoms with Gasteiger partial charge in [-0.2, -0.15) is 0 Å². The molecule has 412 valence electrons. The highest BCUT2D eigenvalue weighted by atomic mass is 32.1. The van der Waals surface area contributed by atoms with Crippen molar-refractivity contribution in [1.82, 2.24) is 10.6 Å². The molecule has 0 saturated heterocycles. The highest BCUT2D eigenvalue weighted by Gasteiger charge is 2.20. The van der Waals surface area contributed by atoms with E-state index in [1.54, 1.807) is 0 Å². The van der Waals surface area contributed by atoms with Crippen molar-refractivity contribution in [2.24, 2.45) is 0 Å². The lowest BCUT2D eigenvalue weighted by atomic mass is 10.0. The molecule has 2 amide bonds. The van der Waals surface area contributed by atoms with E-state index in [4.69, 9.17) is 22.6 Å². The van der Waals surface area contributed by atoms with Crippen molar-refractivity contribution in [1.29, 1.82) is 0 Å². The van der Waals surface area contributed by atoms with Gasteiger partial charge < -0.3 is 47.9 Å². The molecule has 0 saturated carbocycles. The molecular formula is C49H98N2O14P3S-3. The second-order valence-electron chi connectivity index (χ2n) is 18.6. The van der Waals surface area contributed by atoms with Crippen LogP contribution in [-0.4, -0.2) is 57.4 Å². The summed E-state index contributed by atoms with van der Waals surface area (Å²) in [5, 5.41) is 5.06. The molecule has 0 aromatic rings. The van der Waals surface area contributed by atoms with E-state index in [-0.39, 0.29) is 78.0 Å². The zero-order valence-electron chi connectivity index (χ0n) is 43.2. The van der Waals surface area contributed by atoms with Gasteiger partial charge in [0, 0.05) is 25.9 Å². The molecule has 0 aromatic carbocycles. The topological polar surface area (TPSA) is 234 Å². The Labute approximate surface area is 425 Å². The first-order valence-electron chi connectivity index (χ1n) is 27.3. The fourth-order valence-electron chi connectivity index (χ4n) is 7.84. The number of phosphoric ester groups is 3. The van der Waals surface area contributed by atoms with E-state index in [1.165, 1.54) is 154 Å². The minimum atomic E-state index is -4.85. The zero-order chi connectivity index (χ0) is 51.0. The average Bonchev–Trinajstić information content (AvgIpc) is 3.31. The zero-order valence-corrected chi connectivity index (χ0v) is 46.8. The number of thiol groups is 1. The van der Waals surface area contributed by atoms with Gasteiger partial charge in [-0.15, -0.1) is 0 Å². The number of amides is 2. The number of carbonyl (C=O) groups excluding carboxylic acids is 2. The van der Waals surface area contributed by atoms with Crippen molar-refractivity contribution < 1.29 is 64.6 Å². The fraction of sp³-hybridized carbons (Fsp3) is 0.959. The lowest BCUT2D eigenvalue weighted by Crippen LogP contribution is -2.41. The minimum Gasteiger partial charge on any atom is -0.756 e. The van der Waals surface area contributed by atoms with Gasteiger partial charge in [0.2, 0.25) is 11.8 Å². The van der Waals surface area contributed by atoms with Gasteiger partial charge in [0.1, 0.15) is 6.10 Å². The maximum absolute atomic E-state index is 12.4. The van der Waals surface area contributed by atoms with Crippen LogP contribution in [0.2, 0.25) is 0 Å². The van der Waals surface area contributed by atoms with Crippen LogP contribution in [0.15, 0.2) is 0 Å². The summed E-state index contributed by atoms with van der Waals surface area (Å²) in [5.41, 5.74) is 0. The van der Waals surface area contributed by atoms with Crippen LogP contribution in [0.4, 0.5) is 0 Å². The number of unbranched alkanes of at least 4 members (excludes halogenated alkanes) is 32. The van der Waals surface area contributed by atoms with Crippen molar-refractivity contribution in [2.75, 3.05) is 39.5 Å². The first kappa shape index (κ1) is 68.6. The van der Waals surface area contributed by atoms with E-state index in [2.05, 4.69) is 41.4 Å². The smallest absolute Gasteiger partial charge is 0.279 e. The van der Waals surface area contributed by atoms with Crippen molar-refractivity contribution in [3.8, 4) is 0 Å². The van der Waals surface area contributed by atoms with Crippen molar-refractivity contribution in [3.63, 3.8) is 0 Å². The van der Waals surface area contributed by atoms with E-state index < -0.39 is 41.4 Å². The van der Waals surface area contributed by atoms with Crippen LogP contribution < -0.4 is 25.3 Å². The third kappa shape index (κ3) is 50.9. The average molecular weight is 1060 g/mol. The maximum atomic E-state index is 12.4. The lowest BCUT2D eigenvalue weighted by molar-refractivity contribution is -0.227. The number of hydrogen-bond donors (Lipinski definition) is 3. The summed E-state index contributed by atoms with van der Waals surface area (Å²) in [6.45, 7) is 3.72. The molecule has 0 bridgehead atoms. The number of carbonyl (C=O) groups is 2. The van der Waals surface area contributed by atoms with Gasteiger partial charge >= 0.3 is 0 Å². The molecule has 0 spiro atoms. The van der Waals surface area contributed by atoms with Crippen LogP contribution >= 0.6 is 36.4 Å². The summed E-state index contributed by atoms with van der Waals surface area (Å²) in [7, 11) is -13.8. The third-order valence-corrected chi connectivity index (χ3v) is 15.4. The molecule has 16 nitrogen and oxygen atoms in total. The molecule has 0 aliphatic rings. The number of phosphoric acid groups is 3. The van der Waals surface area contributed by atoms with Gasteiger partial charge in [-0.25, -0.2) is 0 Å². The van der Waals surface area contributed by atoms with Gasteiger partial charge in [0.05, 0.1) is 26.4 Å². The molecule has 0 aliphatic heterocycles. The minimum absolute atomic E-state index is 0.00725. The first-order chi connectivity index (χ1) is 33.3. The lowest BCUT2D eigenvalue weighted by Gasteiger charge is -2.26. The Morgan fingerprint density at radius 2 is 0.623 bits per heavy atom. The monoisotopic (exact) mass is 1060 g/mol. The third-order valence-electron chi connectivity index (χ3n) is 12.0. The van der Waals surface area contributed by atoms with Gasteiger partial charge in [-0.05, 0) is 51.4 Å². The van der Waals surface area contributed by atoms with Gasteiger partial charge in [0.15, 0.2) is 0 Å². The predicted molar refractivity (Wildman–Crippen MR) is 274 cm³/mol. The molecule has 69 heavy (non-hydrogen) atoms. The second kappa shape index (κ2) is 48.6. The van der Waals surface area contributed by atoms with E-state index >= 15 is 0 Å². The summed E-state index contributed by atoms with van der Waals surface area (Å²) < 4.78 is 64.9. The molecule has 3 atom stereocenters. The standard InChI is InChI=1S/C49H101N2O14P3S/c1-3-5-7-9-11-13-15-17-19-21-23-25-27-29-31-35-41-60-66(54,55)62-43-37-33-39-48(52)50-45-47(64-68(58,59)65-69)46-51-49(53)40-34-38-44-63-67(56,57)61-42-36-32-30-28-26-24-22-20-18-16-14-12-10-8-6-4-2/h47,69H,3-46H2,1-2H3,(H,50,52)(H,51,53)(H,54,55)(H,56,57)(H,58,59)/p-3. The first-order valence-corrected chi connectivity index (χ1v) is 32.1. The van der Waals surface area contributed by atoms with Gasteiger partial charge in [0.25, 0.3) is 23.5 Å². The number of rotatable bonds is 55. The molecule has 0 radical (unpaired) electrons. The van der Waals surface area contributed by atoms with Crippen LogP contribution in [0.5, 0.6) is 0 Å². The Hall–Kier alpha value is -0.380. The van der Waals surface area contributed by atoms with Crippen molar-refractivity contribution >= 4 is 48.2 Å². The molecule has 2 N–H and O–H groups in total. The van der Waals surface area contributed by atoms with E-state index in [0.717, 1.165) is 38.5 Å². The normalized spacial score (nSPS) is 14.8. The summed E-state index contributed by atoms with van der Waals surface area (Å²) in [6.07, 6.45) is 38.9. The van der Waals surface area contributed by atoms with Gasteiger partial charge in [-0.1, -0.05) is 206 Å². The molecule has 3 unspecified atom stereocenters. The summed E-state index contributed by atoms with van der Waals surface area (Å²) in [6, 6.07) is 0. The SMILES string of the molecule is CCCCCCCCCCCCCCCCCCOP(=O)([O-])OCCCCC(=O)NCC(CNC(=O)CCCCOP(=O)([O-])OCCCCCCCCCCCCCCCCCC)OP(=O)([O-])OS. The Kier molecular flexibility index (Phi) is 48.3. The fourth-order valence-corrected chi connectivity index (χ4v) is 10.1. The summed E-state index contributed by atoms with van der Waals surface area (Å²) in [4.78, 5) is 61.0. The maximum Gasteiger partial charge on any atom is 0.279 e. The van der Waals surface area contributed by atoms with Crippen LogP contribution in [0.25, 0.3) is 0 Å².